The zero-order valence-electron chi connectivity index (χ0n) is 3.98. The molecule has 0 spiro atoms. The molecule has 0 unspecified atom stereocenters. The molecule has 0 aromatic carbocycles. The van der Waals surface area contributed by atoms with Gasteiger partial charge < -0.3 is 18.2 Å². The zero-order valence-corrected chi connectivity index (χ0v) is 8.59. The number of rotatable bonds is 0. The number of hydrogen-bond acceptors (Lipinski definition) is 7. The molecule has 0 atom stereocenters. The van der Waals surface area contributed by atoms with Gasteiger partial charge in [0.05, 0.1) is 0 Å². The van der Waals surface area contributed by atoms with Crippen molar-refractivity contribution in [1.82, 2.24) is 0 Å². The van der Waals surface area contributed by atoms with Crippen LogP contribution < -0.4 is 0 Å². The molecule has 0 aromatic heterocycles. The molecule has 0 aliphatic heterocycles. The van der Waals surface area contributed by atoms with Gasteiger partial charge >= 0.3 is 22.4 Å². The molecule has 65 valence electrons. The van der Waals surface area contributed by atoms with Crippen LogP contribution in [0, 0.1) is 0 Å². The van der Waals surface area contributed by atoms with Crippen LogP contribution in [0.25, 0.3) is 0 Å². The maximum Gasteiger partial charge on any atom is 4.00 e. The van der Waals surface area contributed by atoms with Gasteiger partial charge in [0.1, 0.15) is 0 Å². The van der Waals surface area contributed by atoms with E-state index in [1.165, 1.54) is 0 Å². The molecule has 10 heteroatoms. The Bertz CT molecular complexity index is 155. The molecule has 0 N–H and O–H groups in total. The Hall–Kier alpha value is 1.10. The van der Waals surface area contributed by atoms with Crippen LogP contribution in [0.2, 0.25) is 0 Å². The van der Waals surface area contributed by atoms with Crippen LogP contribution in [0.3, 0.4) is 0 Å². The summed E-state index contributed by atoms with van der Waals surface area (Å²) in [5.74, 6) is 0. The second kappa shape index (κ2) is 8.20. The predicted molar refractivity (Wildman–Crippen MR) is 26.8 cm³/mol. The molecule has 0 aliphatic rings. The molecule has 1 radical (unpaired) electrons. The fourth-order valence-corrected chi connectivity index (χ4v) is 0. The van der Waals surface area contributed by atoms with Crippen molar-refractivity contribution in [2.45, 2.75) is 0 Å². The van der Waals surface area contributed by atoms with Crippen molar-refractivity contribution in [3.63, 3.8) is 0 Å². The van der Waals surface area contributed by atoms with Gasteiger partial charge in [-0.2, -0.15) is 0 Å². The summed E-state index contributed by atoms with van der Waals surface area (Å²) in [6, 6.07) is 0. The minimum absolute atomic E-state index is 0. The van der Waals surface area contributed by atoms with Gasteiger partial charge in [-0.25, -0.2) is 0 Å². The normalized spacial score (nSPS) is 9.30. The van der Waals surface area contributed by atoms with Gasteiger partial charge in [0, 0.05) is 0 Å². The minimum atomic E-state index is -4.33. The van der Waals surface area contributed by atoms with Gasteiger partial charge in [-0.15, -0.1) is 20.4 Å². The Morgan fingerprint density at radius 3 is 1.30 bits per heavy atom. The fourth-order valence-electron chi connectivity index (χ4n) is 0. The van der Waals surface area contributed by atoms with Crippen LogP contribution >= 0.6 is 0 Å². The van der Waals surface area contributed by atoms with Crippen molar-refractivity contribution in [1.29, 1.82) is 0 Å². The molecule has 0 aliphatic carbocycles. The van der Waals surface area contributed by atoms with E-state index in [4.69, 9.17) is 26.6 Å². The standard InChI is InChI=1S/Au.H2O3S2.H2O3S/c;1-5(2,3)4;1-4(2)3/h;(H2,1,2,3,4);(H2,1,2,3)/q+4;;/p-4. The maximum absolute atomic E-state index is 8.89. The van der Waals surface area contributed by atoms with E-state index in [1.54, 1.807) is 0 Å². The van der Waals surface area contributed by atoms with E-state index >= 15 is 0 Å². The topological polar surface area (TPSA) is 126 Å². The monoisotopic (exact) mass is 389 g/mol. The third-order valence-corrected chi connectivity index (χ3v) is 0. The summed E-state index contributed by atoms with van der Waals surface area (Å²) in [5, 5.41) is 0. The van der Waals surface area contributed by atoms with E-state index in [0.29, 0.717) is 0 Å². The van der Waals surface area contributed by atoms with Gasteiger partial charge in [0.25, 0.3) is 0 Å². The summed E-state index contributed by atoms with van der Waals surface area (Å²) in [4.78, 5) is 0. The first-order valence-corrected chi connectivity index (χ1v) is 4.50. The SMILES string of the molecule is O=S([O-])([O-])=S.O=S([O-])[O-].[Au+4]. The molecule has 0 rings (SSSR count). The van der Waals surface area contributed by atoms with Gasteiger partial charge in [-0.05, 0) is 11.2 Å². The van der Waals surface area contributed by atoms with Crippen LogP contribution in [0.1, 0.15) is 0 Å². The zero-order chi connectivity index (χ0) is 8.08. The van der Waals surface area contributed by atoms with E-state index < -0.39 is 20.4 Å². The molecule has 6 nitrogen and oxygen atoms in total. The molecular weight excluding hydrogens is 389 g/mol. The molecular formula is AuO6S3. The summed E-state index contributed by atoms with van der Waals surface area (Å²) >= 11 is 0.132. The predicted octanol–water partition coefficient (Wildman–Crippen LogP) is -2.01. The third-order valence-electron chi connectivity index (χ3n) is 0. The van der Waals surface area contributed by atoms with Crippen LogP contribution in [-0.2, 0) is 54.0 Å². The van der Waals surface area contributed by atoms with Crippen molar-refractivity contribution in [2.24, 2.45) is 0 Å². The minimum Gasteiger partial charge on any atom is -0.784 e. The smallest absolute Gasteiger partial charge is 0.784 e. The Labute approximate surface area is 80.4 Å². The fraction of sp³-hybridized carbons (Fsp3) is 0. The van der Waals surface area contributed by atoms with Crippen molar-refractivity contribution < 1.29 is 49.0 Å². The Morgan fingerprint density at radius 2 is 1.30 bits per heavy atom. The van der Waals surface area contributed by atoms with Gasteiger partial charge in [-0.1, -0.05) is 0 Å². The Balaban J connectivity index is -0.0000000910. The first kappa shape index (κ1) is 17.3. The quantitative estimate of drug-likeness (QED) is 0.346. The molecule has 0 fully saturated rings. The molecule has 0 bridgehead atoms. The van der Waals surface area contributed by atoms with Crippen LogP contribution in [0.15, 0.2) is 0 Å². The molecule has 0 aromatic rings. The first-order chi connectivity index (χ1) is 3.73. The van der Waals surface area contributed by atoms with Crippen LogP contribution in [0.5, 0.6) is 0 Å². The molecule has 0 amide bonds. The average Bonchev–Trinajstić information content (AvgIpc) is 1.19. The van der Waals surface area contributed by atoms with Gasteiger partial charge in [-0.3, -0.25) is 8.42 Å². The number of hydrogen-bond donors (Lipinski definition) is 0. The molecule has 10 heavy (non-hydrogen) atoms. The van der Waals surface area contributed by atoms with Crippen molar-refractivity contribution in [3.05, 3.63) is 0 Å². The van der Waals surface area contributed by atoms with Gasteiger partial charge in [0.2, 0.25) is 0 Å². The molecule has 0 heterocycles. The summed E-state index contributed by atoms with van der Waals surface area (Å²) in [6.45, 7) is 0. The van der Waals surface area contributed by atoms with Crippen molar-refractivity contribution in [3.8, 4) is 0 Å². The van der Waals surface area contributed by atoms with E-state index in [1.807, 2.05) is 0 Å². The van der Waals surface area contributed by atoms with Gasteiger partial charge in [0.15, 0.2) is 0 Å². The Morgan fingerprint density at radius 1 is 1.30 bits per heavy atom. The second-order valence-electron chi connectivity index (χ2n) is 0.612. The summed E-state index contributed by atoms with van der Waals surface area (Å²) in [6.07, 6.45) is 0. The summed E-state index contributed by atoms with van der Waals surface area (Å²) in [7, 11) is -4.33. The third kappa shape index (κ3) is 493. The second-order valence-corrected chi connectivity index (χ2v) is 3.06. The Kier molecular flexibility index (Phi) is 14.2. The summed E-state index contributed by atoms with van der Waals surface area (Å²) < 4.78 is 52.0. The van der Waals surface area contributed by atoms with E-state index in [9.17, 15) is 0 Å². The maximum atomic E-state index is 8.89. The molecule has 0 saturated heterocycles. The van der Waals surface area contributed by atoms with Crippen LogP contribution in [-0.4, -0.2) is 26.6 Å². The van der Waals surface area contributed by atoms with Crippen molar-refractivity contribution >= 4 is 31.6 Å². The molecule has 0 saturated carbocycles. The largest absolute Gasteiger partial charge is 4.00 e. The van der Waals surface area contributed by atoms with E-state index in [0.717, 1.165) is 0 Å². The van der Waals surface area contributed by atoms with Crippen LogP contribution in [0.4, 0.5) is 0 Å². The van der Waals surface area contributed by atoms with Crippen molar-refractivity contribution in [2.75, 3.05) is 0 Å². The first-order valence-electron chi connectivity index (χ1n) is 1.17. The average molecular weight is 389 g/mol. The summed E-state index contributed by atoms with van der Waals surface area (Å²) in [5.41, 5.74) is 0. The van der Waals surface area contributed by atoms with E-state index in [-0.39, 0.29) is 22.4 Å². The van der Waals surface area contributed by atoms with E-state index in [2.05, 4.69) is 11.2 Å².